The molecule has 1 amide bonds. The van der Waals surface area contributed by atoms with E-state index in [9.17, 15) is 9.59 Å². The van der Waals surface area contributed by atoms with E-state index in [0.29, 0.717) is 19.4 Å². The van der Waals surface area contributed by atoms with E-state index >= 15 is 0 Å². The molecule has 82 valence electrons. The van der Waals surface area contributed by atoms with Gasteiger partial charge in [0.2, 0.25) is 5.91 Å². The molecular weight excluding hydrogens is 184 g/mol. The third-order valence-electron chi connectivity index (χ3n) is 2.14. The van der Waals surface area contributed by atoms with Gasteiger partial charge in [-0.15, -0.1) is 0 Å². The predicted molar refractivity (Wildman–Crippen MR) is 52.7 cm³/mol. The summed E-state index contributed by atoms with van der Waals surface area (Å²) in [6.45, 7) is 3.98. The van der Waals surface area contributed by atoms with Crippen molar-refractivity contribution in [3.05, 3.63) is 0 Å². The minimum absolute atomic E-state index is 0.351. The van der Waals surface area contributed by atoms with Gasteiger partial charge in [-0.25, -0.2) is 0 Å². The molecule has 4 N–H and O–H groups in total. The van der Waals surface area contributed by atoms with Gasteiger partial charge < -0.3 is 16.2 Å². The lowest BCUT2D eigenvalue weighted by molar-refractivity contribution is -0.141. The van der Waals surface area contributed by atoms with E-state index in [4.69, 9.17) is 10.8 Å². The zero-order valence-electron chi connectivity index (χ0n) is 8.62. The fourth-order valence-corrected chi connectivity index (χ4v) is 1.04. The Morgan fingerprint density at radius 3 is 2.43 bits per heavy atom. The highest BCUT2D eigenvalue weighted by Gasteiger charge is 2.14. The van der Waals surface area contributed by atoms with Gasteiger partial charge in [0, 0.05) is 0 Å². The quantitative estimate of drug-likeness (QED) is 0.539. The second kappa shape index (κ2) is 6.37. The molecule has 0 aromatic rings. The number of amides is 1. The van der Waals surface area contributed by atoms with Gasteiger partial charge in [-0.2, -0.15) is 0 Å². The van der Waals surface area contributed by atoms with Crippen LogP contribution >= 0.6 is 0 Å². The first-order valence-corrected chi connectivity index (χ1v) is 4.74. The number of carbonyl (C=O) groups excluding carboxylic acids is 1. The number of aliphatic carboxylic acids is 1. The number of hydrogen-bond donors (Lipinski definition) is 3. The topological polar surface area (TPSA) is 92.4 Å². The molecule has 0 radical (unpaired) electrons. The number of primary amides is 1. The number of carboxylic acid groups (broad SMARTS) is 1. The van der Waals surface area contributed by atoms with E-state index in [1.807, 2.05) is 6.92 Å². The second-order valence-corrected chi connectivity index (χ2v) is 3.35. The van der Waals surface area contributed by atoms with Crippen LogP contribution in [0, 0.1) is 5.92 Å². The van der Waals surface area contributed by atoms with Crippen molar-refractivity contribution in [2.45, 2.75) is 32.7 Å². The molecule has 5 heteroatoms. The average Bonchev–Trinajstić information content (AvgIpc) is 2.11. The summed E-state index contributed by atoms with van der Waals surface area (Å²) in [5.41, 5.74) is 5.11. The molecule has 0 rings (SSSR count). The monoisotopic (exact) mass is 202 g/mol. The van der Waals surface area contributed by atoms with E-state index in [2.05, 4.69) is 5.32 Å². The molecule has 14 heavy (non-hydrogen) atoms. The first-order valence-electron chi connectivity index (χ1n) is 4.74. The summed E-state index contributed by atoms with van der Waals surface area (Å²) in [6, 6.07) is -0.351. The standard InChI is InChI=1S/C9H18N2O3/c1-3-7(8(10)12)11-5-4-6(2)9(13)14/h6-7,11H,3-5H2,1-2H3,(H2,10,12)(H,13,14). The molecule has 2 atom stereocenters. The highest BCUT2D eigenvalue weighted by atomic mass is 16.4. The van der Waals surface area contributed by atoms with E-state index in [-0.39, 0.29) is 6.04 Å². The van der Waals surface area contributed by atoms with E-state index < -0.39 is 17.8 Å². The first kappa shape index (κ1) is 12.9. The Morgan fingerprint density at radius 2 is 2.07 bits per heavy atom. The van der Waals surface area contributed by atoms with Crippen LogP contribution in [0.15, 0.2) is 0 Å². The maximum atomic E-state index is 10.8. The van der Waals surface area contributed by atoms with Crippen molar-refractivity contribution in [2.24, 2.45) is 11.7 Å². The average molecular weight is 202 g/mol. The van der Waals surface area contributed by atoms with Crippen molar-refractivity contribution < 1.29 is 14.7 Å². The largest absolute Gasteiger partial charge is 0.481 e. The van der Waals surface area contributed by atoms with E-state index in [0.717, 1.165) is 0 Å². The fourth-order valence-electron chi connectivity index (χ4n) is 1.04. The van der Waals surface area contributed by atoms with Crippen LogP contribution in [-0.2, 0) is 9.59 Å². The van der Waals surface area contributed by atoms with Crippen molar-refractivity contribution in [3.8, 4) is 0 Å². The van der Waals surface area contributed by atoms with Crippen molar-refractivity contribution in [1.29, 1.82) is 0 Å². The molecule has 0 saturated carbocycles. The van der Waals surface area contributed by atoms with Gasteiger partial charge in [0.15, 0.2) is 0 Å². The number of carbonyl (C=O) groups is 2. The molecule has 0 aromatic carbocycles. The van der Waals surface area contributed by atoms with Crippen molar-refractivity contribution in [2.75, 3.05) is 6.54 Å². The summed E-state index contributed by atoms with van der Waals surface area (Å²) < 4.78 is 0. The lowest BCUT2D eigenvalue weighted by atomic mass is 10.1. The second-order valence-electron chi connectivity index (χ2n) is 3.35. The molecule has 0 aliphatic carbocycles. The minimum Gasteiger partial charge on any atom is -0.481 e. The van der Waals surface area contributed by atoms with E-state index in [1.54, 1.807) is 6.92 Å². The van der Waals surface area contributed by atoms with Gasteiger partial charge >= 0.3 is 5.97 Å². The van der Waals surface area contributed by atoms with Gasteiger partial charge in [0.1, 0.15) is 0 Å². The maximum Gasteiger partial charge on any atom is 0.306 e. The van der Waals surface area contributed by atoms with Gasteiger partial charge in [-0.05, 0) is 19.4 Å². The number of nitrogens with one attached hydrogen (secondary N) is 1. The van der Waals surface area contributed by atoms with Crippen LogP contribution < -0.4 is 11.1 Å². The Balaban J connectivity index is 3.71. The molecule has 0 bridgehead atoms. The SMILES string of the molecule is CCC(NCCC(C)C(=O)O)C(N)=O. The lowest BCUT2D eigenvalue weighted by Crippen LogP contribution is -2.41. The molecular formula is C9H18N2O3. The Bertz CT molecular complexity index is 206. The summed E-state index contributed by atoms with van der Waals surface area (Å²) in [6.07, 6.45) is 1.12. The molecule has 5 nitrogen and oxygen atoms in total. The molecule has 0 aromatic heterocycles. The lowest BCUT2D eigenvalue weighted by Gasteiger charge is -2.13. The minimum atomic E-state index is -0.820. The maximum absolute atomic E-state index is 10.8. The summed E-state index contributed by atoms with van der Waals surface area (Å²) in [5.74, 6) is -1.61. The first-order chi connectivity index (χ1) is 6.49. The molecule has 0 spiro atoms. The Hall–Kier alpha value is -1.10. The number of rotatable bonds is 7. The Morgan fingerprint density at radius 1 is 1.50 bits per heavy atom. The van der Waals surface area contributed by atoms with Crippen LogP contribution in [-0.4, -0.2) is 29.6 Å². The zero-order valence-corrected chi connectivity index (χ0v) is 8.62. The third kappa shape index (κ3) is 4.81. The van der Waals surface area contributed by atoms with Crippen molar-refractivity contribution in [3.63, 3.8) is 0 Å². The summed E-state index contributed by atoms with van der Waals surface area (Å²) in [5, 5.41) is 11.5. The van der Waals surface area contributed by atoms with Crippen LogP contribution in [0.25, 0.3) is 0 Å². The molecule has 0 saturated heterocycles. The number of nitrogens with two attached hydrogens (primary N) is 1. The summed E-state index contributed by atoms with van der Waals surface area (Å²) >= 11 is 0. The zero-order chi connectivity index (χ0) is 11.1. The van der Waals surface area contributed by atoms with Gasteiger partial charge in [-0.1, -0.05) is 13.8 Å². The molecule has 0 aliphatic heterocycles. The fraction of sp³-hybridized carbons (Fsp3) is 0.778. The van der Waals surface area contributed by atoms with Gasteiger partial charge in [0.25, 0.3) is 0 Å². The third-order valence-corrected chi connectivity index (χ3v) is 2.14. The summed E-state index contributed by atoms with van der Waals surface area (Å²) in [7, 11) is 0. The van der Waals surface area contributed by atoms with Crippen LogP contribution in [0.5, 0.6) is 0 Å². The molecule has 0 fully saturated rings. The normalized spacial score (nSPS) is 14.7. The Kier molecular flexibility index (Phi) is 5.87. The summed E-state index contributed by atoms with van der Waals surface area (Å²) in [4.78, 5) is 21.2. The highest BCUT2D eigenvalue weighted by molar-refractivity contribution is 5.79. The van der Waals surface area contributed by atoms with Crippen LogP contribution in [0.4, 0.5) is 0 Å². The van der Waals surface area contributed by atoms with Crippen LogP contribution in [0.2, 0.25) is 0 Å². The highest BCUT2D eigenvalue weighted by Crippen LogP contribution is 2.00. The van der Waals surface area contributed by atoms with Gasteiger partial charge in [0.05, 0.1) is 12.0 Å². The number of hydrogen-bond acceptors (Lipinski definition) is 3. The van der Waals surface area contributed by atoms with Crippen molar-refractivity contribution in [1.82, 2.24) is 5.32 Å². The van der Waals surface area contributed by atoms with Crippen LogP contribution in [0.1, 0.15) is 26.7 Å². The van der Waals surface area contributed by atoms with Crippen molar-refractivity contribution >= 4 is 11.9 Å². The predicted octanol–water partition coefficient (Wildman–Crippen LogP) is -0.0493. The molecule has 2 unspecified atom stereocenters. The van der Waals surface area contributed by atoms with Gasteiger partial charge in [-0.3, -0.25) is 9.59 Å². The Labute approximate surface area is 83.7 Å². The smallest absolute Gasteiger partial charge is 0.306 e. The molecule has 0 heterocycles. The number of carboxylic acids is 1. The molecule has 0 aliphatic rings. The van der Waals surface area contributed by atoms with Crippen LogP contribution in [0.3, 0.4) is 0 Å². The van der Waals surface area contributed by atoms with E-state index in [1.165, 1.54) is 0 Å².